The summed E-state index contributed by atoms with van der Waals surface area (Å²) in [5.74, 6) is -0.841. The second-order valence-electron chi connectivity index (χ2n) is 6.08. The van der Waals surface area contributed by atoms with Gasteiger partial charge in [-0.15, -0.1) is 0 Å². The van der Waals surface area contributed by atoms with E-state index in [1.807, 2.05) is 6.92 Å². The van der Waals surface area contributed by atoms with Crippen LogP contribution >= 0.6 is 23.2 Å². The maximum Gasteiger partial charge on any atom is 0.277 e. The fraction of sp³-hybridized carbons (Fsp3) is 0.167. The van der Waals surface area contributed by atoms with Crippen LogP contribution in [0.3, 0.4) is 0 Å². The minimum atomic E-state index is -0.611. The van der Waals surface area contributed by atoms with Gasteiger partial charge in [-0.05, 0) is 36.8 Å². The van der Waals surface area contributed by atoms with E-state index >= 15 is 0 Å². The number of anilines is 1. The Balaban J connectivity index is 1.82. The van der Waals surface area contributed by atoms with Gasteiger partial charge in [-0.2, -0.15) is 9.49 Å². The Kier molecular flexibility index (Phi) is 4.17. The largest absolute Gasteiger partial charge is 0.305 e. The minimum Gasteiger partial charge on any atom is -0.305 e. The predicted octanol–water partition coefficient (Wildman–Crippen LogP) is 4.61. The van der Waals surface area contributed by atoms with Crippen molar-refractivity contribution in [2.45, 2.75) is 13.0 Å². The van der Waals surface area contributed by atoms with Gasteiger partial charge in [-0.1, -0.05) is 23.2 Å². The van der Waals surface area contributed by atoms with Crippen LogP contribution < -0.4 is 4.90 Å². The first-order valence-corrected chi connectivity index (χ1v) is 8.67. The molecule has 0 N–H and O–H groups in total. The van der Waals surface area contributed by atoms with E-state index in [-0.39, 0.29) is 11.9 Å². The first-order chi connectivity index (χ1) is 12.5. The molecular weight excluding hydrogens is 378 g/mol. The minimum absolute atomic E-state index is 0.0578. The molecule has 8 heteroatoms. The van der Waals surface area contributed by atoms with Crippen LogP contribution in [-0.2, 0) is 0 Å². The molecule has 0 unspecified atom stereocenters. The topological polar surface area (TPSA) is 51.0 Å². The summed E-state index contributed by atoms with van der Waals surface area (Å²) in [5, 5.41) is 5.13. The Bertz CT molecular complexity index is 1020. The Morgan fingerprint density at radius 1 is 1.19 bits per heavy atom. The Labute approximate surface area is 159 Å². The number of halogens is 3. The molecule has 1 aliphatic heterocycles. The van der Waals surface area contributed by atoms with Crippen molar-refractivity contribution in [2.75, 3.05) is 11.4 Å². The zero-order valence-electron chi connectivity index (χ0n) is 13.7. The van der Waals surface area contributed by atoms with E-state index < -0.39 is 5.95 Å². The summed E-state index contributed by atoms with van der Waals surface area (Å²) in [6.07, 6.45) is 2.94. The summed E-state index contributed by atoms with van der Waals surface area (Å²) in [7, 11) is 0. The number of nitrogens with zero attached hydrogens (tertiary/aromatic N) is 4. The van der Waals surface area contributed by atoms with Crippen LogP contribution in [0.25, 0.3) is 11.1 Å². The third kappa shape index (κ3) is 2.75. The molecule has 1 aromatic carbocycles. The highest BCUT2D eigenvalue weighted by molar-refractivity contribution is 6.42. The van der Waals surface area contributed by atoms with Crippen molar-refractivity contribution in [3.8, 4) is 11.1 Å². The number of benzene rings is 1. The SMILES string of the molecule is C[C@H]1CN(c2ccc(Cl)c(Cl)c2)C(=O)c2c(-c3ccnc(F)c3)cnn21. The monoisotopic (exact) mass is 390 g/mol. The van der Waals surface area contributed by atoms with Gasteiger partial charge in [0.2, 0.25) is 5.95 Å². The van der Waals surface area contributed by atoms with Crippen molar-refractivity contribution in [1.82, 2.24) is 14.8 Å². The van der Waals surface area contributed by atoms with Crippen molar-refractivity contribution in [3.63, 3.8) is 0 Å². The lowest BCUT2D eigenvalue weighted by Crippen LogP contribution is -2.42. The molecule has 0 saturated heterocycles. The molecule has 0 fully saturated rings. The third-order valence-electron chi connectivity index (χ3n) is 4.36. The van der Waals surface area contributed by atoms with Crippen molar-refractivity contribution in [2.24, 2.45) is 0 Å². The van der Waals surface area contributed by atoms with Gasteiger partial charge in [0.1, 0.15) is 5.69 Å². The average Bonchev–Trinajstić information content (AvgIpc) is 3.06. The number of amides is 1. The Morgan fingerprint density at radius 2 is 2.00 bits per heavy atom. The Hall–Kier alpha value is -2.44. The summed E-state index contributed by atoms with van der Waals surface area (Å²) in [5.41, 5.74) is 2.17. The van der Waals surface area contributed by atoms with Crippen LogP contribution in [-0.4, -0.2) is 27.2 Å². The zero-order valence-corrected chi connectivity index (χ0v) is 15.2. The van der Waals surface area contributed by atoms with E-state index in [4.69, 9.17) is 23.2 Å². The van der Waals surface area contributed by atoms with Crippen LogP contribution in [0.15, 0.2) is 42.7 Å². The molecule has 0 radical (unpaired) electrons. The zero-order chi connectivity index (χ0) is 18.4. The van der Waals surface area contributed by atoms with Gasteiger partial charge in [-0.3, -0.25) is 9.48 Å². The first-order valence-electron chi connectivity index (χ1n) is 7.92. The maximum atomic E-state index is 13.5. The average molecular weight is 391 g/mol. The number of hydrogen-bond acceptors (Lipinski definition) is 3. The highest BCUT2D eigenvalue weighted by Gasteiger charge is 2.34. The highest BCUT2D eigenvalue weighted by Crippen LogP contribution is 2.34. The normalized spacial score (nSPS) is 16.7. The highest BCUT2D eigenvalue weighted by atomic mass is 35.5. The van der Waals surface area contributed by atoms with E-state index in [0.717, 1.165) is 0 Å². The van der Waals surface area contributed by atoms with E-state index in [2.05, 4.69) is 10.1 Å². The van der Waals surface area contributed by atoms with E-state index in [1.165, 1.54) is 12.3 Å². The van der Waals surface area contributed by atoms with Gasteiger partial charge in [0.15, 0.2) is 0 Å². The fourth-order valence-corrected chi connectivity index (χ4v) is 3.41. The summed E-state index contributed by atoms with van der Waals surface area (Å²) in [4.78, 5) is 18.4. The fourth-order valence-electron chi connectivity index (χ4n) is 3.12. The van der Waals surface area contributed by atoms with Crippen LogP contribution in [0.4, 0.5) is 10.1 Å². The van der Waals surface area contributed by atoms with Crippen LogP contribution in [0.5, 0.6) is 0 Å². The second kappa shape index (κ2) is 6.37. The molecule has 4 rings (SSSR count). The van der Waals surface area contributed by atoms with Crippen molar-refractivity contribution < 1.29 is 9.18 Å². The predicted molar refractivity (Wildman–Crippen MR) is 98.3 cm³/mol. The molecule has 132 valence electrons. The number of carbonyl (C=O) groups is 1. The molecule has 3 aromatic rings. The molecule has 1 amide bonds. The lowest BCUT2D eigenvalue weighted by Gasteiger charge is -2.32. The summed E-state index contributed by atoms with van der Waals surface area (Å²) >= 11 is 12.1. The van der Waals surface area contributed by atoms with E-state index in [0.29, 0.717) is 39.1 Å². The van der Waals surface area contributed by atoms with Gasteiger partial charge in [0.25, 0.3) is 5.91 Å². The number of fused-ring (bicyclic) bond motifs is 1. The lowest BCUT2D eigenvalue weighted by atomic mass is 10.0. The number of pyridine rings is 1. The quantitative estimate of drug-likeness (QED) is 0.600. The third-order valence-corrected chi connectivity index (χ3v) is 5.10. The van der Waals surface area contributed by atoms with Crippen molar-refractivity contribution >= 4 is 34.8 Å². The lowest BCUT2D eigenvalue weighted by molar-refractivity contribution is 0.0954. The molecule has 0 bridgehead atoms. The molecule has 0 saturated carbocycles. The number of hydrogen-bond donors (Lipinski definition) is 0. The molecule has 5 nitrogen and oxygen atoms in total. The van der Waals surface area contributed by atoms with E-state index in [9.17, 15) is 9.18 Å². The summed E-state index contributed by atoms with van der Waals surface area (Å²) < 4.78 is 15.2. The first kappa shape index (κ1) is 17.0. The van der Waals surface area contributed by atoms with Crippen LogP contribution in [0.2, 0.25) is 10.0 Å². The smallest absolute Gasteiger partial charge is 0.277 e. The molecule has 1 aliphatic rings. The molecule has 0 aliphatic carbocycles. The maximum absolute atomic E-state index is 13.5. The summed E-state index contributed by atoms with van der Waals surface area (Å²) in [6, 6.07) is 7.94. The Morgan fingerprint density at radius 3 is 2.73 bits per heavy atom. The summed E-state index contributed by atoms with van der Waals surface area (Å²) in [6.45, 7) is 2.40. The van der Waals surface area contributed by atoms with Crippen molar-refractivity contribution in [3.05, 3.63) is 64.4 Å². The van der Waals surface area contributed by atoms with Crippen LogP contribution in [0.1, 0.15) is 23.5 Å². The molecule has 3 heterocycles. The number of carbonyl (C=O) groups excluding carboxylic acids is 1. The second-order valence-corrected chi connectivity index (χ2v) is 6.90. The molecular formula is C18H13Cl2FN4O. The molecule has 1 atom stereocenters. The standard InChI is InChI=1S/C18H13Cl2FN4O/c1-10-9-24(12-2-3-14(19)15(20)7-12)18(26)17-13(8-23-25(10)17)11-4-5-22-16(21)6-11/h2-8,10H,9H2,1H3/t10-/m0/s1. The van der Waals surface area contributed by atoms with Crippen molar-refractivity contribution in [1.29, 1.82) is 0 Å². The van der Waals surface area contributed by atoms with Gasteiger partial charge in [-0.25, -0.2) is 4.98 Å². The number of aromatic nitrogens is 3. The van der Waals surface area contributed by atoms with Crippen LogP contribution in [0, 0.1) is 5.95 Å². The number of rotatable bonds is 2. The van der Waals surface area contributed by atoms with Gasteiger partial charge < -0.3 is 4.90 Å². The molecule has 26 heavy (non-hydrogen) atoms. The molecule has 0 spiro atoms. The van der Waals surface area contributed by atoms with Gasteiger partial charge >= 0.3 is 0 Å². The van der Waals surface area contributed by atoms with Gasteiger partial charge in [0.05, 0.1) is 22.3 Å². The van der Waals surface area contributed by atoms with E-state index in [1.54, 1.807) is 40.0 Å². The molecule has 2 aromatic heterocycles. The van der Waals surface area contributed by atoms with Gasteiger partial charge in [0, 0.05) is 30.1 Å².